The van der Waals surface area contributed by atoms with Crippen LogP contribution in [0.25, 0.3) is 0 Å². The lowest BCUT2D eigenvalue weighted by atomic mass is 9.81. The van der Waals surface area contributed by atoms with Crippen LogP contribution in [-0.4, -0.2) is 109 Å². The molecule has 4 atom stereocenters. The van der Waals surface area contributed by atoms with E-state index >= 15 is 0 Å². The summed E-state index contributed by atoms with van der Waals surface area (Å²) in [5.41, 5.74) is -0.576. The molecule has 1 aromatic carbocycles. The molecule has 0 bridgehead atoms. The van der Waals surface area contributed by atoms with Crippen LogP contribution in [0.1, 0.15) is 119 Å². The summed E-state index contributed by atoms with van der Waals surface area (Å²) in [6.07, 6.45) is 6.53. The minimum atomic E-state index is -1.26. The summed E-state index contributed by atoms with van der Waals surface area (Å²) < 4.78 is 3.85. The summed E-state index contributed by atoms with van der Waals surface area (Å²) in [5.74, 6) is -3.09. The Hall–Kier alpha value is -5.20. The third kappa shape index (κ3) is 18.4. The molecule has 0 aromatic heterocycles. The van der Waals surface area contributed by atoms with Crippen molar-refractivity contribution in [3.05, 3.63) is 35.9 Å². The van der Waals surface area contributed by atoms with E-state index in [1.165, 1.54) is 42.9 Å². The number of amides is 7. The molecule has 326 valence electrons. The molecule has 3 rings (SSSR count). The molecule has 1 saturated heterocycles. The van der Waals surface area contributed by atoms with Crippen molar-refractivity contribution >= 4 is 41.4 Å². The van der Waals surface area contributed by atoms with E-state index in [-0.39, 0.29) is 12.5 Å². The Bertz CT molecular complexity index is 1540. The SMILES string of the molecule is CC.CC1CC1.CCC(C)(C)NC(=O)NC(C(=O)N1CCCC1C(=O)NC(C)C(=O)C(=O)NCC(=O)NC(C(=O)N(C)C)c1ccccc1)C(C)(C)CC.COC#N. The number of nitriles is 1. The molecular weight excluding hydrogens is 745 g/mol. The molecule has 5 N–H and O–H groups in total. The topological polar surface area (TPSA) is 219 Å². The number of benzene rings is 1. The first kappa shape index (κ1) is 52.8. The van der Waals surface area contributed by atoms with Gasteiger partial charge in [-0.3, -0.25) is 28.8 Å². The standard InChI is InChI=1S/C34H53N7O7.C4H8.C2H3NO.C2H6/c1-10-33(4,5)27(38-32(48)39-34(6,7)11-2)31(47)41-19-15-18-23(41)28(44)36-21(3)26(43)29(45)35-20-24(42)37-25(30(46)40(8)9)22-16-13-12-14-17-22;1-4-2-3-4;1-4-2-3;1-2/h12-14,16-17,21,23,25,27H,10-11,15,18-20H2,1-9H3,(H,35,45)(H,36,44)(H,37,42)(H2,38,39,48);4H,2-3H2,1H3;1H3;1-2H3. The summed E-state index contributed by atoms with van der Waals surface area (Å²) >= 11 is 0. The number of likely N-dealkylation sites (tertiary alicyclic amines) is 1. The predicted octanol–water partition coefficient (Wildman–Crippen LogP) is 3.96. The zero-order valence-corrected chi connectivity index (χ0v) is 37.0. The highest BCUT2D eigenvalue weighted by Gasteiger charge is 2.43. The Morgan fingerprint density at radius 2 is 1.48 bits per heavy atom. The van der Waals surface area contributed by atoms with Crippen molar-refractivity contribution in [2.24, 2.45) is 11.3 Å². The molecule has 4 unspecified atom stereocenters. The van der Waals surface area contributed by atoms with Crippen molar-refractivity contribution in [3.63, 3.8) is 0 Å². The first-order valence-corrected chi connectivity index (χ1v) is 20.1. The number of hydrogen-bond donors (Lipinski definition) is 5. The number of rotatable bonds is 15. The van der Waals surface area contributed by atoms with Gasteiger partial charge in [-0.1, -0.05) is 91.6 Å². The third-order valence-corrected chi connectivity index (χ3v) is 9.86. The monoisotopic (exact) mass is 815 g/mol. The quantitative estimate of drug-likeness (QED) is 0.128. The van der Waals surface area contributed by atoms with Gasteiger partial charge in [-0.25, -0.2) is 4.79 Å². The number of nitrogens with one attached hydrogen (secondary N) is 5. The average molecular weight is 815 g/mol. The predicted molar refractivity (Wildman–Crippen MR) is 223 cm³/mol. The molecular formula is C42H70N8O8. The molecule has 1 saturated carbocycles. The van der Waals surface area contributed by atoms with Crippen LogP contribution in [0.4, 0.5) is 4.79 Å². The Labute approximate surface area is 345 Å². The number of likely N-dealkylation sites (N-methyl/N-ethyl adjacent to an activating group) is 1. The van der Waals surface area contributed by atoms with E-state index < -0.39 is 77.1 Å². The molecule has 1 aliphatic heterocycles. The van der Waals surface area contributed by atoms with Crippen LogP contribution in [0.15, 0.2) is 30.3 Å². The smallest absolute Gasteiger partial charge is 0.315 e. The van der Waals surface area contributed by atoms with E-state index in [9.17, 15) is 33.6 Å². The third-order valence-electron chi connectivity index (χ3n) is 9.86. The minimum absolute atomic E-state index is 0.287. The van der Waals surface area contributed by atoms with Crippen LogP contribution in [0.3, 0.4) is 0 Å². The fourth-order valence-electron chi connectivity index (χ4n) is 5.22. The van der Waals surface area contributed by atoms with Gasteiger partial charge in [-0.05, 0) is 63.4 Å². The molecule has 16 nitrogen and oxygen atoms in total. The van der Waals surface area contributed by atoms with Crippen LogP contribution >= 0.6 is 0 Å². The van der Waals surface area contributed by atoms with Crippen molar-refractivity contribution in [3.8, 4) is 6.26 Å². The fraction of sp³-hybridized carbons (Fsp3) is 0.667. The van der Waals surface area contributed by atoms with Gasteiger partial charge in [-0.2, -0.15) is 5.26 Å². The number of methoxy groups -OCH3 is 1. The molecule has 58 heavy (non-hydrogen) atoms. The number of ether oxygens (including phenoxy) is 1. The van der Waals surface area contributed by atoms with Gasteiger partial charge in [0.1, 0.15) is 18.1 Å². The summed E-state index contributed by atoms with van der Waals surface area (Å²) in [6.45, 7) is 18.7. The number of nitrogens with zero attached hydrogens (tertiary/aromatic N) is 3. The number of ketones is 1. The van der Waals surface area contributed by atoms with E-state index in [0.717, 1.165) is 5.92 Å². The lowest BCUT2D eigenvalue weighted by molar-refractivity contribution is -0.144. The minimum Gasteiger partial charge on any atom is -0.431 e. The Morgan fingerprint density at radius 3 is 1.95 bits per heavy atom. The van der Waals surface area contributed by atoms with E-state index in [1.807, 2.05) is 55.4 Å². The van der Waals surface area contributed by atoms with Gasteiger partial charge in [0.05, 0.1) is 19.7 Å². The Morgan fingerprint density at radius 1 is 0.931 bits per heavy atom. The largest absolute Gasteiger partial charge is 0.431 e. The van der Waals surface area contributed by atoms with Gasteiger partial charge in [0.25, 0.3) is 12.2 Å². The highest BCUT2D eigenvalue weighted by molar-refractivity contribution is 6.38. The second kappa shape index (κ2) is 25.9. The maximum absolute atomic E-state index is 13.9. The van der Waals surface area contributed by atoms with Crippen molar-refractivity contribution < 1.29 is 38.3 Å². The maximum Gasteiger partial charge on any atom is 0.315 e. The summed E-state index contributed by atoms with van der Waals surface area (Å²) in [4.78, 5) is 93.7. The first-order valence-electron chi connectivity index (χ1n) is 20.1. The molecule has 1 heterocycles. The number of hydrogen-bond acceptors (Lipinski definition) is 9. The number of carbonyl (C=O) groups excluding carboxylic acids is 7. The zero-order valence-electron chi connectivity index (χ0n) is 37.0. The van der Waals surface area contributed by atoms with E-state index in [4.69, 9.17) is 5.26 Å². The number of carbonyl (C=O) groups is 7. The molecule has 7 amide bonds. The molecule has 0 spiro atoms. The van der Waals surface area contributed by atoms with Gasteiger partial charge in [0.15, 0.2) is 0 Å². The van der Waals surface area contributed by atoms with Gasteiger partial charge in [0, 0.05) is 26.2 Å². The van der Waals surface area contributed by atoms with Crippen molar-refractivity contribution in [1.29, 1.82) is 5.26 Å². The highest BCUT2D eigenvalue weighted by Crippen LogP contribution is 2.29. The number of Topliss-reactive ketones (excluding diaryl/α,β-unsaturated/α-hetero) is 1. The van der Waals surface area contributed by atoms with Crippen LogP contribution < -0.4 is 26.6 Å². The Balaban J connectivity index is 0.00000288. The van der Waals surface area contributed by atoms with Gasteiger partial charge in [-0.15, -0.1) is 0 Å². The lowest BCUT2D eigenvalue weighted by Gasteiger charge is -2.38. The van der Waals surface area contributed by atoms with Crippen molar-refractivity contribution in [2.45, 2.75) is 137 Å². The summed E-state index contributed by atoms with van der Waals surface area (Å²) in [5, 5.41) is 20.5. The van der Waals surface area contributed by atoms with Crippen molar-refractivity contribution in [2.75, 3.05) is 34.3 Å². The van der Waals surface area contributed by atoms with E-state index in [2.05, 4.69) is 38.2 Å². The first-order chi connectivity index (χ1) is 27.2. The lowest BCUT2D eigenvalue weighted by Crippen LogP contribution is -2.61. The summed E-state index contributed by atoms with van der Waals surface area (Å²) in [6, 6.07) is 4.03. The summed E-state index contributed by atoms with van der Waals surface area (Å²) in [7, 11) is 4.42. The van der Waals surface area contributed by atoms with Crippen LogP contribution in [0.5, 0.6) is 0 Å². The second-order valence-corrected chi connectivity index (χ2v) is 15.7. The molecule has 0 radical (unpaired) electrons. The van der Waals surface area contributed by atoms with Gasteiger partial charge >= 0.3 is 6.03 Å². The number of urea groups is 1. The molecule has 1 aliphatic carbocycles. The zero-order chi connectivity index (χ0) is 44.8. The van der Waals surface area contributed by atoms with Gasteiger partial charge in [0.2, 0.25) is 29.4 Å². The Kier molecular flexibility index (Phi) is 23.6. The normalized spacial score (nSPS) is 15.9. The van der Waals surface area contributed by atoms with E-state index in [0.29, 0.717) is 31.2 Å². The fourth-order valence-corrected chi connectivity index (χ4v) is 5.22. The molecule has 16 heteroatoms. The van der Waals surface area contributed by atoms with Crippen LogP contribution in [0, 0.1) is 22.9 Å². The highest BCUT2D eigenvalue weighted by atomic mass is 16.5. The van der Waals surface area contributed by atoms with Crippen LogP contribution in [0.2, 0.25) is 0 Å². The van der Waals surface area contributed by atoms with Crippen LogP contribution in [-0.2, 0) is 33.5 Å². The second-order valence-electron chi connectivity index (χ2n) is 15.7. The molecule has 2 aliphatic rings. The maximum atomic E-state index is 13.9. The molecule has 2 fully saturated rings. The van der Waals surface area contributed by atoms with E-state index in [1.54, 1.807) is 44.4 Å². The molecule has 1 aromatic rings. The average Bonchev–Trinajstić information content (AvgIpc) is 3.83. The van der Waals surface area contributed by atoms with Crippen molar-refractivity contribution in [1.82, 2.24) is 36.4 Å². The van der Waals surface area contributed by atoms with Gasteiger partial charge < -0.3 is 41.1 Å².